The molecule has 2 aliphatic rings. The Hall–Kier alpha value is -1.01. The highest BCUT2D eigenvalue weighted by Crippen LogP contribution is 2.29. The van der Waals surface area contributed by atoms with Gasteiger partial charge in [-0.1, -0.05) is 23.2 Å². The Balaban J connectivity index is 0.00000243. The van der Waals surface area contributed by atoms with Crippen LogP contribution in [0.2, 0.25) is 10.0 Å². The molecule has 2 aliphatic heterocycles. The number of carbonyl (C=O) groups excluding carboxylic acids is 2. The van der Waals surface area contributed by atoms with Crippen molar-refractivity contribution in [2.24, 2.45) is 11.7 Å². The molecule has 2 heterocycles. The topological polar surface area (TPSA) is 66.6 Å². The van der Waals surface area contributed by atoms with Crippen molar-refractivity contribution >= 4 is 47.4 Å². The monoisotopic (exact) mass is 419 g/mol. The smallest absolute Gasteiger partial charge is 0.254 e. The quantitative estimate of drug-likeness (QED) is 0.816. The lowest BCUT2D eigenvalue weighted by Gasteiger charge is -2.30. The normalized spacial score (nSPS) is 25.3. The summed E-state index contributed by atoms with van der Waals surface area (Å²) in [6, 6.07) is 4.59. The number of amides is 2. The molecule has 3 atom stereocenters. The summed E-state index contributed by atoms with van der Waals surface area (Å²) < 4.78 is 0. The third-order valence-corrected chi connectivity index (χ3v) is 5.98. The second-order valence-electron chi connectivity index (χ2n) is 6.96. The lowest BCUT2D eigenvalue weighted by molar-refractivity contribution is -0.135. The third-order valence-electron chi connectivity index (χ3n) is 5.24. The van der Waals surface area contributed by atoms with Gasteiger partial charge in [0.1, 0.15) is 6.04 Å². The third kappa shape index (κ3) is 4.11. The molecule has 2 amide bonds. The van der Waals surface area contributed by atoms with E-state index in [1.807, 2.05) is 11.8 Å². The van der Waals surface area contributed by atoms with Crippen molar-refractivity contribution in [3.63, 3.8) is 0 Å². The molecule has 1 aromatic rings. The second kappa shape index (κ2) is 8.79. The van der Waals surface area contributed by atoms with Crippen molar-refractivity contribution in [1.82, 2.24) is 9.80 Å². The first-order chi connectivity index (χ1) is 11.9. The fourth-order valence-corrected chi connectivity index (χ4v) is 4.17. The highest BCUT2D eigenvalue weighted by Gasteiger charge is 2.41. The van der Waals surface area contributed by atoms with Gasteiger partial charge in [0, 0.05) is 24.7 Å². The minimum absolute atomic E-state index is 0. The molecule has 2 fully saturated rings. The van der Waals surface area contributed by atoms with E-state index in [1.54, 1.807) is 23.1 Å². The van der Waals surface area contributed by atoms with Gasteiger partial charge in [-0.25, -0.2) is 0 Å². The van der Waals surface area contributed by atoms with Gasteiger partial charge < -0.3 is 15.5 Å². The van der Waals surface area contributed by atoms with E-state index in [2.05, 4.69) is 0 Å². The Morgan fingerprint density at radius 1 is 1.23 bits per heavy atom. The maximum absolute atomic E-state index is 13.0. The number of hydrogen-bond donors (Lipinski definition) is 1. The first kappa shape index (κ1) is 21.3. The zero-order valence-electron chi connectivity index (χ0n) is 14.7. The summed E-state index contributed by atoms with van der Waals surface area (Å²) in [4.78, 5) is 29.5. The molecule has 2 N–H and O–H groups in total. The SMILES string of the molecule is CC1CC(CN)CN1C(=O)C1CCCN1C(=O)c1ccc(Cl)c(Cl)c1.Cl. The van der Waals surface area contributed by atoms with Crippen LogP contribution in [-0.4, -0.2) is 53.3 Å². The number of carbonyl (C=O) groups is 2. The van der Waals surface area contributed by atoms with Crippen LogP contribution in [0.4, 0.5) is 0 Å². The summed E-state index contributed by atoms with van der Waals surface area (Å²) in [5.74, 6) is 0.213. The molecule has 3 unspecified atom stereocenters. The minimum Gasteiger partial charge on any atom is -0.338 e. The van der Waals surface area contributed by atoms with Crippen molar-refractivity contribution < 1.29 is 9.59 Å². The number of nitrogens with zero attached hydrogens (tertiary/aromatic N) is 2. The first-order valence-corrected chi connectivity index (χ1v) is 9.44. The molecule has 0 spiro atoms. The van der Waals surface area contributed by atoms with E-state index < -0.39 is 6.04 Å². The molecule has 0 radical (unpaired) electrons. The maximum atomic E-state index is 13.0. The summed E-state index contributed by atoms with van der Waals surface area (Å²) in [6.07, 6.45) is 2.45. The van der Waals surface area contributed by atoms with E-state index in [1.165, 1.54) is 0 Å². The van der Waals surface area contributed by atoms with Crippen LogP contribution in [-0.2, 0) is 4.79 Å². The number of rotatable bonds is 3. The van der Waals surface area contributed by atoms with E-state index in [0.29, 0.717) is 47.6 Å². The van der Waals surface area contributed by atoms with Crippen LogP contribution in [0.1, 0.15) is 36.5 Å². The predicted octanol–water partition coefficient (Wildman–Crippen LogP) is 3.22. The van der Waals surface area contributed by atoms with Crippen LogP contribution in [0, 0.1) is 5.92 Å². The molecule has 2 saturated heterocycles. The first-order valence-electron chi connectivity index (χ1n) is 8.69. The van der Waals surface area contributed by atoms with Gasteiger partial charge in [-0.2, -0.15) is 0 Å². The zero-order valence-corrected chi connectivity index (χ0v) is 17.0. The summed E-state index contributed by atoms with van der Waals surface area (Å²) in [7, 11) is 0. The van der Waals surface area contributed by atoms with Crippen molar-refractivity contribution in [2.75, 3.05) is 19.6 Å². The zero-order chi connectivity index (χ0) is 18.1. The molecule has 0 aliphatic carbocycles. The van der Waals surface area contributed by atoms with Gasteiger partial charge in [0.2, 0.25) is 5.91 Å². The van der Waals surface area contributed by atoms with Gasteiger partial charge in [0.15, 0.2) is 0 Å². The molecule has 26 heavy (non-hydrogen) atoms. The van der Waals surface area contributed by atoms with E-state index >= 15 is 0 Å². The van der Waals surface area contributed by atoms with Gasteiger partial charge >= 0.3 is 0 Å². The Morgan fingerprint density at radius 2 is 1.96 bits per heavy atom. The van der Waals surface area contributed by atoms with Crippen molar-refractivity contribution in [1.29, 1.82) is 0 Å². The fraction of sp³-hybridized carbons (Fsp3) is 0.556. The molecule has 5 nitrogen and oxygen atoms in total. The fourth-order valence-electron chi connectivity index (χ4n) is 3.87. The van der Waals surface area contributed by atoms with Crippen LogP contribution in [0.5, 0.6) is 0 Å². The summed E-state index contributed by atoms with van der Waals surface area (Å²) in [6.45, 7) is 3.90. The average Bonchev–Trinajstić information content (AvgIpc) is 3.22. The van der Waals surface area contributed by atoms with Crippen LogP contribution < -0.4 is 5.73 Å². The highest BCUT2D eigenvalue weighted by atomic mass is 35.5. The number of halogens is 3. The lowest BCUT2D eigenvalue weighted by atomic mass is 10.1. The summed E-state index contributed by atoms with van der Waals surface area (Å²) in [5, 5.41) is 0.750. The molecule has 144 valence electrons. The standard InChI is InChI=1S/C18H23Cl2N3O2.ClH/c1-11-7-12(9-21)10-23(11)18(25)16-3-2-6-22(16)17(24)13-4-5-14(19)15(20)8-13;/h4-5,8,11-12,16H,2-3,6-7,9-10,21H2,1H3;1H. The summed E-state index contributed by atoms with van der Waals surface area (Å²) >= 11 is 12.0. The molecule has 0 saturated carbocycles. The number of hydrogen-bond acceptors (Lipinski definition) is 3. The van der Waals surface area contributed by atoms with E-state index in [9.17, 15) is 9.59 Å². The lowest BCUT2D eigenvalue weighted by Crippen LogP contribution is -2.49. The van der Waals surface area contributed by atoms with Crippen LogP contribution in [0.3, 0.4) is 0 Å². The molecule has 0 aromatic heterocycles. The van der Waals surface area contributed by atoms with Crippen molar-refractivity contribution in [2.45, 2.75) is 38.3 Å². The van der Waals surface area contributed by atoms with Gasteiger partial charge in [-0.3, -0.25) is 9.59 Å². The molecule has 8 heteroatoms. The minimum atomic E-state index is -0.402. The van der Waals surface area contributed by atoms with Gasteiger partial charge in [0.25, 0.3) is 5.91 Å². The number of benzene rings is 1. The predicted molar refractivity (Wildman–Crippen MR) is 106 cm³/mol. The van der Waals surface area contributed by atoms with Crippen molar-refractivity contribution in [3.8, 4) is 0 Å². The summed E-state index contributed by atoms with van der Waals surface area (Å²) in [5.41, 5.74) is 6.23. The number of likely N-dealkylation sites (tertiary alicyclic amines) is 2. The Bertz CT molecular complexity index is 686. The maximum Gasteiger partial charge on any atom is 0.254 e. The van der Waals surface area contributed by atoms with Gasteiger partial charge in [-0.05, 0) is 56.8 Å². The molecule has 3 rings (SSSR count). The largest absolute Gasteiger partial charge is 0.338 e. The van der Waals surface area contributed by atoms with E-state index in [-0.39, 0.29) is 30.3 Å². The van der Waals surface area contributed by atoms with E-state index in [4.69, 9.17) is 28.9 Å². The van der Waals surface area contributed by atoms with Crippen molar-refractivity contribution in [3.05, 3.63) is 33.8 Å². The van der Waals surface area contributed by atoms with Crippen LogP contribution in [0.25, 0.3) is 0 Å². The highest BCUT2D eigenvalue weighted by molar-refractivity contribution is 6.42. The van der Waals surface area contributed by atoms with Gasteiger partial charge in [-0.15, -0.1) is 12.4 Å². The molecular formula is C18H24Cl3N3O2. The van der Waals surface area contributed by atoms with Gasteiger partial charge in [0.05, 0.1) is 10.0 Å². The average molecular weight is 421 g/mol. The van der Waals surface area contributed by atoms with Crippen LogP contribution in [0.15, 0.2) is 18.2 Å². The molecule has 1 aromatic carbocycles. The second-order valence-corrected chi connectivity index (χ2v) is 7.78. The molecule has 0 bridgehead atoms. The molecular weight excluding hydrogens is 397 g/mol. The van der Waals surface area contributed by atoms with E-state index in [0.717, 1.165) is 12.8 Å². The Kier molecular flexibility index (Phi) is 7.19. The number of nitrogens with two attached hydrogens (primary N) is 1. The Labute approximate surface area is 170 Å². The van der Waals surface area contributed by atoms with Crippen LogP contribution >= 0.6 is 35.6 Å². The Morgan fingerprint density at radius 3 is 2.58 bits per heavy atom.